The van der Waals surface area contributed by atoms with Gasteiger partial charge in [-0.1, -0.05) is 59.8 Å². The quantitative estimate of drug-likeness (QED) is 0.191. The highest BCUT2D eigenvalue weighted by molar-refractivity contribution is 14.1. The summed E-state index contributed by atoms with van der Waals surface area (Å²) < 4.78 is 6.26. The van der Waals surface area contributed by atoms with Gasteiger partial charge in [0, 0.05) is 26.1 Å². The van der Waals surface area contributed by atoms with E-state index in [1.54, 1.807) is 0 Å². The first-order chi connectivity index (χ1) is 17.2. The van der Waals surface area contributed by atoms with Crippen molar-refractivity contribution in [2.24, 2.45) is 5.16 Å². The summed E-state index contributed by atoms with van der Waals surface area (Å²) in [6.07, 6.45) is 2.49. The molecule has 7 nitrogen and oxygen atoms in total. The Hall–Kier alpha value is -2.56. The number of halogens is 1. The smallest absolute Gasteiger partial charge is 0.221 e. The standard InChI is InChI=1S/C27H30IN5O2/c28-26-25-23(30-27(29)31-26)17-20(22-10-5-4-9-21(22)19-7-2-1-3-8-19)18-24(25)32-35-14-6-11-33-12-15-34-16-13-33/h1-5,7-10,20H,6,11-18H2,(H2,29,30,31)/b32-24+. The average Bonchev–Trinajstić information content (AvgIpc) is 2.89. The number of ether oxygens (including phenoxy) is 1. The maximum Gasteiger partial charge on any atom is 0.221 e. The molecule has 0 amide bonds. The van der Waals surface area contributed by atoms with Crippen molar-refractivity contribution in [1.82, 2.24) is 14.9 Å². The highest BCUT2D eigenvalue weighted by Crippen LogP contribution is 2.38. The molecule has 3 aromatic rings. The number of hydrogen-bond donors (Lipinski definition) is 1. The fourth-order valence-corrected chi connectivity index (χ4v) is 5.78. The Bertz CT molecular complexity index is 1180. The summed E-state index contributed by atoms with van der Waals surface area (Å²) in [7, 11) is 0. The highest BCUT2D eigenvalue weighted by Gasteiger charge is 2.30. The summed E-state index contributed by atoms with van der Waals surface area (Å²) in [6, 6.07) is 19.1. The molecule has 8 heteroatoms. The molecule has 1 aliphatic carbocycles. The van der Waals surface area contributed by atoms with Crippen LogP contribution >= 0.6 is 22.6 Å². The summed E-state index contributed by atoms with van der Waals surface area (Å²) >= 11 is 2.23. The predicted octanol–water partition coefficient (Wildman–Crippen LogP) is 4.50. The van der Waals surface area contributed by atoms with Crippen LogP contribution in [-0.2, 0) is 16.0 Å². The molecule has 2 N–H and O–H groups in total. The minimum Gasteiger partial charge on any atom is -0.396 e. The predicted molar refractivity (Wildman–Crippen MR) is 146 cm³/mol. The monoisotopic (exact) mass is 583 g/mol. The molecule has 5 rings (SSSR count). The Morgan fingerprint density at radius 3 is 2.63 bits per heavy atom. The molecule has 1 fully saturated rings. The van der Waals surface area contributed by atoms with Gasteiger partial charge < -0.3 is 15.3 Å². The Morgan fingerprint density at radius 1 is 1.03 bits per heavy atom. The molecule has 2 aromatic carbocycles. The second kappa shape index (κ2) is 11.5. The highest BCUT2D eigenvalue weighted by atomic mass is 127. The fraction of sp³-hybridized carbons (Fsp3) is 0.370. The zero-order valence-corrected chi connectivity index (χ0v) is 21.9. The molecule has 0 bridgehead atoms. The van der Waals surface area contributed by atoms with Crippen molar-refractivity contribution in [1.29, 1.82) is 0 Å². The molecule has 1 atom stereocenters. The number of morpholine rings is 1. The van der Waals surface area contributed by atoms with Crippen LogP contribution in [0.25, 0.3) is 11.1 Å². The number of fused-ring (bicyclic) bond motifs is 1. The summed E-state index contributed by atoms with van der Waals surface area (Å²) in [5.41, 5.74) is 12.6. The van der Waals surface area contributed by atoms with Gasteiger partial charge in [-0.2, -0.15) is 0 Å². The summed E-state index contributed by atoms with van der Waals surface area (Å²) in [6.45, 7) is 5.17. The van der Waals surface area contributed by atoms with Crippen molar-refractivity contribution in [3.63, 3.8) is 0 Å². The van der Waals surface area contributed by atoms with Crippen LogP contribution in [-0.4, -0.2) is 60.0 Å². The third-order valence-electron chi connectivity index (χ3n) is 6.60. The van der Waals surface area contributed by atoms with E-state index in [4.69, 9.17) is 15.3 Å². The lowest BCUT2D eigenvalue weighted by Crippen LogP contribution is -2.37. The van der Waals surface area contributed by atoms with Crippen molar-refractivity contribution < 1.29 is 9.57 Å². The Kier molecular flexibility index (Phi) is 7.90. The normalized spacial score (nSPS) is 19.5. The van der Waals surface area contributed by atoms with Gasteiger partial charge in [0.2, 0.25) is 5.95 Å². The number of aromatic nitrogens is 2. The van der Waals surface area contributed by atoms with E-state index in [2.05, 4.69) is 91.1 Å². The number of nitrogens with zero attached hydrogens (tertiary/aromatic N) is 4. The zero-order valence-electron chi connectivity index (χ0n) is 19.7. The van der Waals surface area contributed by atoms with Gasteiger partial charge in [-0.05, 0) is 58.0 Å². The van der Waals surface area contributed by atoms with Gasteiger partial charge in [-0.15, -0.1) is 0 Å². The maximum absolute atomic E-state index is 6.03. The lowest BCUT2D eigenvalue weighted by atomic mass is 9.79. The Labute approximate surface area is 219 Å². The van der Waals surface area contributed by atoms with Crippen LogP contribution in [0, 0.1) is 3.70 Å². The molecule has 35 heavy (non-hydrogen) atoms. The molecule has 1 aliphatic heterocycles. The third kappa shape index (κ3) is 5.82. The lowest BCUT2D eigenvalue weighted by molar-refractivity contribution is 0.0322. The van der Waals surface area contributed by atoms with Crippen LogP contribution in [0.3, 0.4) is 0 Å². The van der Waals surface area contributed by atoms with E-state index < -0.39 is 0 Å². The molecule has 0 radical (unpaired) electrons. The molecular weight excluding hydrogens is 553 g/mol. The van der Waals surface area contributed by atoms with E-state index >= 15 is 0 Å². The Morgan fingerprint density at radius 2 is 1.80 bits per heavy atom. The van der Waals surface area contributed by atoms with Gasteiger partial charge in [0.25, 0.3) is 0 Å². The van der Waals surface area contributed by atoms with Gasteiger partial charge in [-0.25, -0.2) is 9.97 Å². The van der Waals surface area contributed by atoms with Crippen LogP contribution in [0.1, 0.15) is 35.6 Å². The van der Waals surface area contributed by atoms with E-state index in [0.29, 0.717) is 12.6 Å². The van der Waals surface area contributed by atoms with E-state index in [1.165, 1.54) is 16.7 Å². The molecule has 182 valence electrons. The first-order valence-electron chi connectivity index (χ1n) is 12.1. The molecule has 1 saturated heterocycles. The average molecular weight is 583 g/mol. The molecule has 0 spiro atoms. The van der Waals surface area contributed by atoms with E-state index in [1.807, 2.05) is 6.07 Å². The van der Waals surface area contributed by atoms with Gasteiger partial charge >= 0.3 is 0 Å². The van der Waals surface area contributed by atoms with Gasteiger partial charge in [0.15, 0.2) is 0 Å². The molecule has 0 saturated carbocycles. The van der Waals surface area contributed by atoms with E-state index in [9.17, 15) is 0 Å². The van der Waals surface area contributed by atoms with E-state index in [0.717, 1.165) is 72.8 Å². The third-order valence-corrected chi connectivity index (χ3v) is 7.38. The summed E-state index contributed by atoms with van der Waals surface area (Å²) in [5, 5.41) is 4.62. The first kappa shape index (κ1) is 24.1. The van der Waals surface area contributed by atoms with Crippen molar-refractivity contribution >= 4 is 34.3 Å². The SMILES string of the molecule is Nc1nc(I)c2c(n1)CC(c1ccccc1-c1ccccc1)C/C2=N\OCCCN1CCOCC1. The summed E-state index contributed by atoms with van der Waals surface area (Å²) in [4.78, 5) is 17.3. The van der Waals surface area contributed by atoms with Gasteiger partial charge in [0.05, 0.1) is 30.2 Å². The topological polar surface area (TPSA) is 85.9 Å². The molecule has 1 aromatic heterocycles. The molecular formula is C27H30IN5O2. The summed E-state index contributed by atoms with van der Waals surface area (Å²) in [5.74, 6) is 0.524. The van der Waals surface area contributed by atoms with Crippen molar-refractivity contribution in [2.45, 2.75) is 25.2 Å². The minimum absolute atomic E-state index is 0.222. The second-order valence-electron chi connectivity index (χ2n) is 8.93. The first-order valence-corrected chi connectivity index (χ1v) is 13.2. The van der Waals surface area contributed by atoms with Gasteiger partial charge in [-0.3, -0.25) is 4.90 Å². The van der Waals surface area contributed by atoms with Crippen LogP contribution in [0.4, 0.5) is 5.95 Å². The van der Waals surface area contributed by atoms with E-state index in [-0.39, 0.29) is 5.92 Å². The Balaban J connectivity index is 1.38. The van der Waals surface area contributed by atoms with Crippen LogP contribution in [0.5, 0.6) is 0 Å². The number of benzene rings is 2. The number of anilines is 1. The van der Waals surface area contributed by atoms with Crippen LogP contribution in [0.2, 0.25) is 0 Å². The number of nitrogen functional groups attached to an aromatic ring is 1. The van der Waals surface area contributed by atoms with Crippen molar-refractivity contribution in [2.75, 3.05) is 45.2 Å². The van der Waals surface area contributed by atoms with Crippen molar-refractivity contribution in [3.05, 3.63) is 75.1 Å². The number of hydrogen-bond acceptors (Lipinski definition) is 7. The van der Waals surface area contributed by atoms with Gasteiger partial charge in [0.1, 0.15) is 10.3 Å². The number of rotatable bonds is 7. The molecule has 2 heterocycles. The molecule has 1 unspecified atom stereocenters. The fourth-order valence-electron chi connectivity index (χ4n) is 4.91. The molecule has 2 aliphatic rings. The maximum atomic E-state index is 6.03. The number of nitrogens with two attached hydrogens (primary N) is 1. The number of oxime groups is 1. The van der Waals surface area contributed by atoms with Crippen LogP contribution in [0.15, 0.2) is 59.8 Å². The second-order valence-corrected chi connectivity index (χ2v) is 9.95. The van der Waals surface area contributed by atoms with Crippen molar-refractivity contribution in [3.8, 4) is 11.1 Å². The zero-order chi connectivity index (χ0) is 24.0. The minimum atomic E-state index is 0.222. The lowest BCUT2D eigenvalue weighted by Gasteiger charge is -2.28. The van der Waals surface area contributed by atoms with Crippen LogP contribution < -0.4 is 5.73 Å². The largest absolute Gasteiger partial charge is 0.396 e.